The highest BCUT2D eigenvalue weighted by atomic mass is 16.5. The van der Waals surface area contributed by atoms with E-state index in [-0.39, 0.29) is 11.3 Å². The second kappa shape index (κ2) is 8.40. The van der Waals surface area contributed by atoms with E-state index < -0.39 is 5.91 Å². The Morgan fingerprint density at radius 2 is 1.67 bits per heavy atom. The molecule has 0 saturated heterocycles. The summed E-state index contributed by atoms with van der Waals surface area (Å²) in [5, 5.41) is 9.01. The summed E-state index contributed by atoms with van der Waals surface area (Å²) in [6, 6.07) is 23.6. The number of hydrazone groups is 1. The van der Waals surface area contributed by atoms with Crippen LogP contribution in [0.15, 0.2) is 88.8 Å². The summed E-state index contributed by atoms with van der Waals surface area (Å²) in [6.45, 7) is 0. The summed E-state index contributed by atoms with van der Waals surface area (Å²) >= 11 is 0. The lowest BCUT2D eigenvalue weighted by molar-refractivity contribution is 0.0950. The molecule has 0 aliphatic heterocycles. The van der Waals surface area contributed by atoms with E-state index in [0.29, 0.717) is 16.5 Å². The van der Waals surface area contributed by atoms with Crippen LogP contribution in [0.3, 0.4) is 0 Å². The van der Waals surface area contributed by atoms with E-state index in [2.05, 4.69) is 15.6 Å². The Labute approximate surface area is 172 Å². The molecule has 30 heavy (non-hydrogen) atoms. The number of rotatable bonds is 5. The summed E-state index contributed by atoms with van der Waals surface area (Å²) in [4.78, 5) is 24.8. The van der Waals surface area contributed by atoms with Crippen molar-refractivity contribution in [2.45, 2.75) is 0 Å². The molecule has 7 nitrogen and oxygen atoms in total. The SMILES string of the molecule is Cn1nc(C(=O)N/N=C\c2cccc(Oc3ccccc3)c2)c2ccccc2c1=O. The number of aryl methyl sites for hydroxylation is 1. The van der Waals surface area contributed by atoms with Crippen molar-refractivity contribution in [2.75, 3.05) is 0 Å². The Morgan fingerprint density at radius 3 is 2.47 bits per heavy atom. The number of nitrogens with one attached hydrogen (secondary N) is 1. The highest BCUT2D eigenvalue weighted by molar-refractivity contribution is 6.04. The lowest BCUT2D eigenvalue weighted by Gasteiger charge is -2.07. The van der Waals surface area contributed by atoms with Crippen LogP contribution in [-0.4, -0.2) is 21.9 Å². The number of carbonyl (C=O) groups excluding carboxylic acids is 1. The zero-order valence-electron chi connectivity index (χ0n) is 16.1. The molecule has 4 aromatic rings. The number of aromatic nitrogens is 2. The van der Waals surface area contributed by atoms with Gasteiger partial charge in [0.15, 0.2) is 5.69 Å². The maximum Gasteiger partial charge on any atom is 0.292 e. The van der Waals surface area contributed by atoms with Crippen LogP contribution in [0.4, 0.5) is 0 Å². The average Bonchev–Trinajstić information content (AvgIpc) is 2.77. The van der Waals surface area contributed by atoms with Crippen molar-refractivity contribution in [1.82, 2.24) is 15.2 Å². The molecular weight excluding hydrogens is 380 g/mol. The number of amides is 1. The first-order valence-corrected chi connectivity index (χ1v) is 9.24. The molecule has 0 aliphatic rings. The number of hydrogen-bond donors (Lipinski definition) is 1. The normalized spacial score (nSPS) is 11.0. The molecule has 1 aromatic heterocycles. The molecule has 0 unspecified atom stereocenters. The molecule has 0 bridgehead atoms. The second-order valence-electron chi connectivity index (χ2n) is 6.51. The van der Waals surface area contributed by atoms with E-state index in [1.54, 1.807) is 24.3 Å². The first kappa shape index (κ1) is 19.1. The number of fused-ring (bicyclic) bond motifs is 1. The van der Waals surface area contributed by atoms with Crippen LogP contribution < -0.4 is 15.7 Å². The highest BCUT2D eigenvalue weighted by Gasteiger charge is 2.14. The fraction of sp³-hybridized carbons (Fsp3) is 0.0435. The molecular formula is C23H18N4O3. The van der Waals surface area contributed by atoms with Gasteiger partial charge < -0.3 is 4.74 Å². The molecule has 7 heteroatoms. The van der Waals surface area contributed by atoms with Gasteiger partial charge in [-0.15, -0.1) is 0 Å². The zero-order chi connectivity index (χ0) is 20.9. The predicted octanol–water partition coefficient (Wildman–Crippen LogP) is 3.49. The first-order chi connectivity index (χ1) is 14.6. The molecule has 148 valence electrons. The van der Waals surface area contributed by atoms with Crippen molar-refractivity contribution in [3.8, 4) is 11.5 Å². The van der Waals surface area contributed by atoms with Crippen molar-refractivity contribution >= 4 is 22.9 Å². The smallest absolute Gasteiger partial charge is 0.292 e. The average molecular weight is 398 g/mol. The first-order valence-electron chi connectivity index (χ1n) is 9.24. The van der Waals surface area contributed by atoms with Crippen LogP contribution in [0.1, 0.15) is 16.1 Å². The summed E-state index contributed by atoms with van der Waals surface area (Å²) in [5.74, 6) is 0.879. The van der Waals surface area contributed by atoms with E-state index in [0.717, 1.165) is 16.0 Å². The zero-order valence-corrected chi connectivity index (χ0v) is 16.1. The molecule has 0 aliphatic carbocycles. The third-order valence-electron chi connectivity index (χ3n) is 4.39. The van der Waals surface area contributed by atoms with Gasteiger partial charge >= 0.3 is 0 Å². The van der Waals surface area contributed by atoms with E-state index in [1.807, 2.05) is 54.6 Å². The molecule has 0 fully saturated rings. The Balaban J connectivity index is 1.51. The second-order valence-corrected chi connectivity index (χ2v) is 6.51. The minimum Gasteiger partial charge on any atom is -0.457 e. The van der Waals surface area contributed by atoms with E-state index in [1.165, 1.54) is 13.3 Å². The number of benzene rings is 3. The lowest BCUT2D eigenvalue weighted by atomic mass is 10.1. The number of para-hydroxylation sites is 1. The van der Waals surface area contributed by atoms with Crippen LogP contribution in [0.25, 0.3) is 10.8 Å². The molecule has 4 rings (SSSR count). The molecule has 0 radical (unpaired) electrons. The van der Waals surface area contributed by atoms with Gasteiger partial charge in [0, 0.05) is 12.4 Å². The van der Waals surface area contributed by atoms with E-state index in [4.69, 9.17) is 4.74 Å². The Kier molecular flexibility index (Phi) is 5.34. The quantitative estimate of drug-likeness (QED) is 0.412. The van der Waals surface area contributed by atoms with Crippen LogP contribution in [0, 0.1) is 0 Å². The van der Waals surface area contributed by atoms with Gasteiger partial charge in [-0.1, -0.05) is 48.5 Å². The van der Waals surface area contributed by atoms with Gasteiger partial charge in [-0.05, 0) is 35.9 Å². The summed E-state index contributed by atoms with van der Waals surface area (Å²) < 4.78 is 6.94. The highest BCUT2D eigenvalue weighted by Crippen LogP contribution is 2.21. The van der Waals surface area contributed by atoms with Crippen LogP contribution in [0.2, 0.25) is 0 Å². The van der Waals surface area contributed by atoms with Crippen LogP contribution >= 0.6 is 0 Å². The van der Waals surface area contributed by atoms with Crippen LogP contribution in [-0.2, 0) is 7.05 Å². The topological polar surface area (TPSA) is 85.6 Å². The molecule has 3 aromatic carbocycles. The predicted molar refractivity (Wildman–Crippen MR) is 115 cm³/mol. The van der Waals surface area contributed by atoms with Crippen molar-refractivity contribution in [1.29, 1.82) is 0 Å². The van der Waals surface area contributed by atoms with Crippen molar-refractivity contribution < 1.29 is 9.53 Å². The third kappa shape index (κ3) is 4.10. The van der Waals surface area contributed by atoms with Gasteiger partial charge in [-0.2, -0.15) is 10.2 Å². The number of carbonyl (C=O) groups is 1. The molecule has 1 heterocycles. The van der Waals surface area contributed by atoms with Gasteiger partial charge in [0.1, 0.15) is 11.5 Å². The third-order valence-corrected chi connectivity index (χ3v) is 4.39. The van der Waals surface area contributed by atoms with Gasteiger partial charge in [0.05, 0.1) is 11.6 Å². The van der Waals surface area contributed by atoms with Gasteiger partial charge in [0.2, 0.25) is 0 Å². The Hall–Kier alpha value is -4.26. The van der Waals surface area contributed by atoms with Gasteiger partial charge in [0.25, 0.3) is 11.5 Å². The van der Waals surface area contributed by atoms with Gasteiger partial charge in [-0.25, -0.2) is 10.1 Å². The molecule has 0 saturated carbocycles. The summed E-state index contributed by atoms with van der Waals surface area (Å²) in [7, 11) is 1.51. The maximum absolute atomic E-state index is 12.6. The van der Waals surface area contributed by atoms with E-state index in [9.17, 15) is 9.59 Å². The molecule has 0 atom stereocenters. The minimum atomic E-state index is -0.505. The number of hydrogen-bond acceptors (Lipinski definition) is 5. The molecule has 1 amide bonds. The molecule has 0 spiro atoms. The van der Waals surface area contributed by atoms with Crippen LogP contribution in [0.5, 0.6) is 11.5 Å². The number of nitrogens with zero attached hydrogens (tertiary/aromatic N) is 3. The summed E-state index contributed by atoms with van der Waals surface area (Å²) in [6.07, 6.45) is 1.51. The lowest BCUT2D eigenvalue weighted by Crippen LogP contribution is -2.27. The van der Waals surface area contributed by atoms with Gasteiger partial charge in [-0.3, -0.25) is 9.59 Å². The largest absolute Gasteiger partial charge is 0.457 e. The fourth-order valence-electron chi connectivity index (χ4n) is 2.97. The monoisotopic (exact) mass is 398 g/mol. The molecule has 1 N–H and O–H groups in total. The maximum atomic E-state index is 12.6. The Bertz CT molecular complexity index is 1300. The fourth-order valence-corrected chi connectivity index (χ4v) is 2.97. The minimum absolute atomic E-state index is 0.131. The number of ether oxygens (including phenoxy) is 1. The Morgan fingerprint density at radius 1 is 0.967 bits per heavy atom. The van der Waals surface area contributed by atoms with Crippen molar-refractivity contribution in [3.63, 3.8) is 0 Å². The standard InChI is InChI=1S/C23H18N4O3/c1-27-23(29)20-13-6-5-12-19(20)21(26-27)22(28)25-24-15-16-8-7-11-18(14-16)30-17-9-3-2-4-10-17/h2-15H,1H3,(H,25,28)/b24-15-. The van der Waals surface area contributed by atoms with Crippen molar-refractivity contribution in [3.05, 3.63) is 100 Å². The van der Waals surface area contributed by atoms with E-state index >= 15 is 0 Å². The summed E-state index contributed by atoms with van der Waals surface area (Å²) in [5.41, 5.74) is 3.09. The van der Waals surface area contributed by atoms with Crippen molar-refractivity contribution in [2.24, 2.45) is 12.1 Å².